The zero-order valence-corrected chi connectivity index (χ0v) is 9.15. The molecule has 68 valence electrons. The van der Waals surface area contributed by atoms with Crippen molar-refractivity contribution in [2.75, 3.05) is 0 Å². The van der Waals surface area contributed by atoms with Crippen LogP contribution in [0.3, 0.4) is 0 Å². The summed E-state index contributed by atoms with van der Waals surface area (Å²) in [6, 6.07) is 4.01. The van der Waals surface area contributed by atoms with Gasteiger partial charge in [-0.2, -0.15) is 5.10 Å². The first-order valence-corrected chi connectivity index (χ1v) is 5.45. The fourth-order valence-corrected chi connectivity index (χ4v) is 2.43. The van der Waals surface area contributed by atoms with Gasteiger partial charge in [0.25, 0.3) is 0 Å². The van der Waals surface area contributed by atoms with Crippen LogP contribution in [-0.2, 0) is 6.54 Å². The smallest absolute Gasteiger partial charge is 0.102 e. The minimum absolute atomic E-state index is 0.500. The first kappa shape index (κ1) is 8.93. The molecule has 2 aromatic rings. The fraction of sp³-hybridized carbons (Fsp3) is 0.125. The van der Waals surface area contributed by atoms with Crippen molar-refractivity contribution in [3.8, 4) is 10.6 Å². The molecular weight excluding hydrogens is 250 g/mol. The summed E-state index contributed by atoms with van der Waals surface area (Å²) in [7, 11) is 0. The van der Waals surface area contributed by atoms with Gasteiger partial charge in [-0.25, -0.2) is 0 Å². The van der Waals surface area contributed by atoms with E-state index in [-0.39, 0.29) is 0 Å². The standard InChI is InChI=1S/C8H8BrN3S/c9-5-1-8(13-4-5)7-2-6(3-10)11-12-7/h1-2,4H,3,10H2,(H,11,12). The molecule has 0 saturated heterocycles. The van der Waals surface area contributed by atoms with Crippen LogP contribution in [-0.4, -0.2) is 10.2 Å². The molecule has 0 radical (unpaired) electrons. The highest BCUT2D eigenvalue weighted by Gasteiger charge is 2.04. The molecule has 2 rings (SSSR count). The Labute approximate surface area is 88.1 Å². The maximum absolute atomic E-state index is 5.47. The van der Waals surface area contributed by atoms with E-state index in [1.807, 2.05) is 17.5 Å². The molecule has 0 fully saturated rings. The molecule has 0 aromatic carbocycles. The molecule has 13 heavy (non-hydrogen) atoms. The van der Waals surface area contributed by atoms with Crippen LogP contribution >= 0.6 is 27.3 Å². The predicted octanol–water partition coefficient (Wildman–Crippen LogP) is 2.36. The zero-order chi connectivity index (χ0) is 9.26. The van der Waals surface area contributed by atoms with Crippen LogP contribution in [0.1, 0.15) is 5.69 Å². The van der Waals surface area contributed by atoms with Crippen LogP contribution in [0.25, 0.3) is 10.6 Å². The summed E-state index contributed by atoms with van der Waals surface area (Å²) >= 11 is 5.06. The third-order valence-corrected chi connectivity index (χ3v) is 3.38. The molecule has 0 aliphatic carbocycles. The lowest BCUT2D eigenvalue weighted by molar-refractivity contribution is 0.949. The number of hydrogen-bond acceptors (Lipinski definition) is 3. The second-order valence-electron chi connectivity index (χ2n) is 2.61. The van der Waals surface area contributed by atoms with Crippen LogP contribution in [0.2, 0.25) is 0 Å². The SMILES string of the molecule is NCc1cc(-c2cc(Br)cs2)n[nH]1. The molecule has 5 heteroatoms. The van der Waals surface area contributed by atoms with Gasteiger partial charge in [0.05, 0.1) is 4.88 Å². The minimum atomic E-state index is 0.500. The quantitative estimate of drug-likeness (QED) is 0.868. The van der Waals surface area contributed by atoms with Gasteiger partial charge < -0.3 is 5.73 Å². The Morgan fingerprint density at radius 3 is 2.92 bits per heavy atom. The van der Waals surface area contributed by atoms with Gasteiger partial charge in [0, 0.05) is 22.1 Å². The van der Waals surface area contributed by atoms with E-state index >= 15 is 0 Å². The first-order chi connectivity index (χ1) is 6.29. The van der Waals surface area contributed by atoms with E-state index in [2.05, 4.69) is 26.1 Å². The summed E-state index contributed by atoms with van der Waals surface area (Å²) < 4.78 is 1.09. The van der Waals surface area contributed by atoms with E-state index in [4.69, 9.17) is 5.73 Å². The van der Waals surface area contributed by atoms with Crippen LogP contribution < -0.4 is 5.73 Å². The Morgan fingerprint density at radius 2 is 2.38 bits per heavy atom. The maximum atomic E-state index is 5.47. The Morgan fingerprint density at radius 1 is 1.54 bits per heavy atom. The molecule has 0 amide bonds. The van der Waals surface area contributed by atoms with Crippen LogP contribution in [0.4, 0.5) is 0 Å². The van der Waals surface area contributed by atoms with Crippen molar-refractivity contribution >= 4 is 27.3 Å². The number of rotatable bonds is 2. The van der Waals surface area contributed by atoms with Crippen LogP contribution in [0.5, 0.6) is 0 Å². The molecule has 0 spiro atoms. The minimum Gasteiger partial charge on any atom is -0.325 e. The van der Waals surface area contributed by atoms with Crippen LogP contribution in [0.15, 0.2) is 22.0 Å². The number of hydrogen-bond donors (Lipinski definition) is 2. The van der Waals surface area contributed by atoms with Gasteiger partial charge in [0.2, 0.25) is 0 Å². The van der Waals surface area contributed by atoms with E-state index in [1.165, 1.54) is 0 Å². The number of aromatic amines is 1. The number of nitrogens with one attached hydrogen (secondary N) is 1. The van der Waals surface area contributed by atoms with Crippen molar-refractivity contribution in [3.05, 3.63) is 27.7 Å². The van der Waals surface area contributed by atoms with Crippen molar-refractivity contribution in [3.63, 3.8) is 0 Å². The van der Waals surface area contributed by atoms with Gasteiger partial charge >= 0.3 is 0 Å². The van der Waals surface area contributed by atoms with Gasteiger partial charge in [-0.3, -0.25) is 5.10 Å². The number of thiophene rings is 1. The third-order valence-electron chi connectivity index (χ3n) is 1.67. The molecule has 2 aromatic heterocycles. The molecule has 3 nitrogen and oxygen atoms in total. The van der Waals surface area contributed by atoms with Crippen molar-refractivity contribution in [1.29, 1.82) is 0 Å². The number of nitrogens with zero attached hydrogens (tertiary/aromatic N) is 1. The van der Waals surface area contributed by atoms with E-state index < -0.39 is 0 Å². The second-order valence-corrected chi connectivity index (χ2v) is 4.44. The Kier molecular flexibility index (Phi) is 2.48. The van der Waals surface area contributed by atoms with Gasteiger partial charge in [-0.15, -0.1) is 11.3 Å². The van der Waals surface area contributed by atoms with Crippen LogP contribution in [0, 0.1) is 0 Å². The molecule has 0 saturated carbocycles. The van der Waals surface area contributed by atoms with E-state index in [1.54, 1.807) is 11.3 Å². The monoisotopic (exact) mass is 257 g/mol. The normalized spacial score (nSPS) is 10.6. The van der Waals surface area contributed by atoms with E-state index in [0.717, 1.165) is 20.7 Å². The maximum Gasteiger partial charge on any atom is 0.102 e. The summed E-state index contributed by atoms with van der Waals surface area (Å²) in [6.07, 6.45) is 0. The molecule has 0 aliphatic heterocycles. The first-order valence-electron chi connectivity index (χ1n) is 3.78. The number of aromatic nitrogens is 2. The summed E-state index contributed by atoms with van der Waals surface area (Å²) in [5.74, 6) is 0. The lowest BCUT2D eigenvalue weighted by Crippen LogP contribution is -1.95. The molecular formula is C8H8BrN3S. The average molecular weight is 258 g/mol. The predicted molar refractivity (Wildman–Crippen MR) is 57.5 cm³/mol. The second kappa shape index (κ2) is 3.61. The molecule has 3 N–H and O–H groups in total. The van der Waals surface area contributed by atoms with Gasteiger partial charge in [0.1, 0.15) is 5.69 Å². The highest BCUT2D eigenvalue weighted by Crippen LogP contribution is 2.28. The van der Waals surface area contributed by atoms with E-state index in [9.17, 15) is 0 Å². The van der Waals surface area contributed by atoms with Crippen molar-refractivity contribution < 1.29 is 0 Å². The highest BCUT2D eigenvalue weighted by molar-refractivity contribution is 9.10. The van der Waals surface area contributed by atoms with Gasteiger partial charge in [0.15, 0.2) is 0 Å². The fourth-order valence-electron chi connectivity index (χ4n) is 1.04. The Hall–Kier alpha value is -0.650. The zero-order valence-electron chi connectivity index (χ0n) is 6.75. The topological polar surface area (TPSA) is 54.7 Å². The number of halogens is 1. The van der Waals surface area contributed by atoms with Crippen molar-refractivity contribution in [2.45, 2.75) is 6.54 Å². The Bertz CT molecular complexity index is 407. The number of H-pyrrole nitrogens is 1. The Balaban J connectivity index is 2.35. The molecule has 2 heterocycles. The molecule has 0 atom stereocenters. The van der Waals surface area contributed by atoms with Gasteiger partial charge in [-0.1, -0.05) is 0 Å². The lowest BCUT2D eigenvalue weighted by Gasteiger charge is -1.85. The number of nitrogens with two attached hydrogens (primary N) is 1. The van der Waals surface area contributed by atoms with Gasteiger partial charge in [-0.05, 0) is 28.1 Å². The van der Waals surface area contributed by atoms with Crippen molar-refractivity contribution in [2.24, 2.45) is 5.73 Å². The molecule has 0 bridgehead atoms. The summed E-state index contributed by atoms with van der Waals surface area (Å²) in [5.41, 5.74) is 7.38. The van der Waals surface area contributed by atoms with E-state index in [0.29, 0.717) is 6.54 Å². The van der Waals surface area contributed by atoms with Crippen molar-refractivity contribution in [1.82, 2.24) is 10.2 Å². The third kappa shape index (κ3) is 1.82. The summed E-state index contributed by atoms with van der Waals surface area (Å²) in [4.78, 5) is 1.14. The molecule has 0 aliphatic rings. The molecule has 0 unspecified atom stereocenters. The highest BCUT2D eigenvalue weighted by atomic mass is 79.9. The lowest BCUT2D eigenvalue weighted by atomic mass is 10.3. The summed E-state index contributed by atoms with van der Waals surface area (Å²) in [6.45, 7) is 0.500. The summed E-state index contributed by atoms with van der Waals surface area (Å²) in [5, 5.41) is 9.07. The average Bonchev–Trinajstić information content (AvgIpc) is 2.71. The largest absolute Gasteiger partial charge is 0.325 e.